The molecule has 6 nitrogen and oxygen atoms in total. The van der Waals surface area contributed by atoms with Gasteiger partial charge in [0.05, 0.1) is 23.5 Å². The molecule has 2 heterocycles. The maximum Gasteiger partial charge on any atom is 0.243 e. The first-order valence-corrected chi connectivity index (χ1v) is 9.75. The molecule has 0 bridgehead atoms. The molecule has 1 aromatic carbocycles. The number of sulfonamides is 1. The molecule has 0 saturated carbocycles. The molecule has 1 aromatic rings. The van der Waals surface area contributed by atoms with Crippen LogP contribution in [0.1, 0.15) is 26.7 Å². The number of nitrogens with one attached hydrogen (secondary N) is 1. The van der Waals surface area contributed by atoms with E-state index in [1.807, 2.05) is 6.92 Å². The number of hydrogen-bond acceptors (Lipinski definition) is 4. The van der Waals surface area contributed by atoms with E-state index in [4.69, 9.17) is 4.74 Å². The van der Waals surface area contributed by atoms with Gasteiger partial charge in [-0.2, -0.15) is 4.31 Å². The first-order chi connectivity index (χ1) is 11.3. The van der Waals surface area contributed by atoms with Gasteiger partial charge in [0.1, 0.15) is 0 Å². The third kappa shape index (κ3) is 3.34. The molecule has 0 spiro atoms. The highest BCUT2D eigenvalue weighted by Crippen LogP contribution is 2.29. The van der Waals surface area contributed by atoms with Crippen LogP contribution in [-0.4, -0.2) is 44.9 Å². The van der Waals surface area contributed by atoms with Crippen molar-refractivity contribution in [2.45, 2.75) is 31.6 Å². The fraction of sp³-hybridized carbons (Fsp3) is 0.588. The zero-order valence-corrected chi connectivity index (χ0v) is 14.9. The monoisotopic (exact) mass is 352 g/mol. The summed E-state index contributed by atoms with van der Waals surface area (Å²) in [5.41, 5.74) is 0.106. The van der Waals surface area contributed by atoms with Gasteiger partial charge < -0.3 is 10.1 Å². The van der Waals surface area contributed by atoms with Gasteiger partial charge in [-0.25, -0.2) is 8.42 Å². The van der Waals surface area contributed by atoms with Gasteiger partial charge in [0.15, 0.2) is 0 Å². The predicted octanol–water partition coefficient (Wildman–Crippen LogP) is 2.08. The molecule has 24 heavy (non-hydrogen) atoms. The molecule has 0 atom stereocenters. The zero-order valence-electron chi connectivity index (χ0n) is 14.1. The SMILES string of the molecule is CC1CCN(S(=O)(=O)c2ccc(NC(=O)C3(C)COC3)cc2)CC1. The molecule has 132 valence electrons. The maximum absolute atomic E-state index is 12.7. The van der Waals surface area contributed by atoms with Gasteiger partial charge in [-0.05, 0) is 49.9 Å². The van der Waals surface area contributed by atoms with E-state index in [0.29, 0.717) is 37.9 Å². The van der Waals surface area contributed by atoms with Crippen molar-refractivity contribution in [3.8, 4) is 0 Å². The Bertz CT molecular complexity index is 703. The second kappa shape index (κ2) is 6.46. The predicted molar refractivity (Wildman–Crippen MR) is 91.2 cm³/mol. The first kappa shape index (κ1) is 17.4. The molecule has 2 saturated heterocycles. The Hall–Kier alpha value is -1.44. The minimum Gasteiger partial charge on any atom is -0.379 e. The van der Waals surface area contributed by atoms with Gasteiger partial charge in [-0.1, -0.05) is 6.92 Å². The summed E-state index contributed by atoms with van der Waals surface area (Å²) in [5.74, 6) is 0.472. The summed E-state index contributed by atoms with van der Waals surface area (Å²) >= 11 is 0. The van der Waals surface area contributed by atoms with E-state index in [0.717, 1.165) is 12.8 Å². The summed E-state index contributed by atoms with van der Waals surface area (Å²) in [6.07, 6.45) is 1.79. The number of benzene rings is 1. The Balaban J connectivity index is 1.68. The number of carbonyl (C=O) groups excluding carboxylic acids is 1. The first-order valence-electron chi connectivity index (χ1n) is 8.31. The standard InChI is InChI=1S/C17H24N2O4S/c1-13-7-9-19(10-8-13)24(21,22)15-5-3-14(4-6-15)18-16(20)17(2)11-23-12-17/h3-6,13H,7-12H2,1-2H3,(H,18,20). The number of rotatable bonds is 4. The second-order valence-electron chi connectivity index (χ2n) is 7.12. The highest BCUT2D eigenvalue weighted by Gasteiger charge is 2.41. The molecule has 0 unspecified atom stereocenters. The summed E-state index contributed by atoms with van der Waals surface area (Å²) in [4.78, 5) is 12.4. The smallest absolute Gasteiger partial charge is 0.243 e. The van der Waals surface area contributed by atoms with Crippen LogP contribution in [0.2, 0.25) is 0 Å². The van der Waals surface area contributed by atoms with E-state index in [1.54, 1.807) is 28.6 Å². The molecule has 0 aliphatic carbocycles. The third-order valence-electron chi connectivity index (χ3n) is 4.88. The summed E-state index contributed by atoms with van der Waals surface area (Å²) in [6, 6.07) is 6.39. The van der Waals surface area contributed by atoms with E-state index in [1.165, 1.54) is 0 Å². The van der Waals surface area contributed by atoms with E-state index in [-0.39, 0.29) is 10.8 Å². The van der Waals surface area contributed by atoms with Crippen molar-refractivity contribution >= 4 is 21.6 Å². The van der Waals surface area contributed by atoms with E-state index in [2.05, 4.69) is 12.2 Å². The number of ether oxygens (including phenoxy) is 1. The van der Waals surface area contributed by atoms with Crippen LogP contribution in [0.5, 0.6) is 0 Å². The topological polar surface area (TPSA) is 75.7 Å². The Morgan fingerprint density at radius 2 is 1.79 bits per heavy atom. The Kier molecular flexibility index (Phi) is 4.68. The minimum absolute atomic E-state index is 0.102. The Morgan fingerprint density at radius 1 is 1.21 bits per heavy atom. The van der Waals surface area contributed by atoms with Crippen LogP contribution in [0.15, 0.2) is 29.2 Å². The van der Waals surface area contributed by atoms with E-state index >= 15 is 0 Å². The summed E-state index contributed by atoms with van der Waals surface area (Å²) < 4.78 is 32.0. The lowest BCUT2D eigenvalue weighted by Crippen LogP contribution is -2.49. The van der Waals surface area contributed by atoms with Crippen LogP contribution in [0.4, 0.5) is 5.69 Å². The van der Waals surface area contributed by atoms with Crippen LogP contribution in [0.3, 0.4) is 0 Å². The molecule has 2 fully saturated rings. The van der Waals surface area contributed by atoms with Crippen molar-refractivity contribution in [2.24, 2.45) is 11.3 Å². The fourth-order valence-corrected chi connectivity index (χ4v) is 4.38. The number of anilines is 1. The Morgan fingerprint density at radius 3 is 2.29 bits per heavy atom. The van der Waals surface area contributed by atoms with E-state index < -0.39 is 15.4 Å². The van der Waals surface area contributed by atoms with Crippen molar-refractivity contribution in [3.05, 3.63) is 24.3 Å². The van der Waals surface area contributed by atoms with Gasteiger partial charge >= 0.3 is 0 Å². The molecule has 2 aliphatic heterocycles. The van der Waals surface area contributed by atoms with Crippen molar-refractivity contribution in [1.29, 1.82) is 0 Å². The molecule has 0 aromatic heterocycles. The summed E-state index contributed by atoms with van der Waals surface area (Å²) in [5, 5.41) is 2.82. The van der Waals surface area contributed by atoms with Crippen LogP contribution >= 0.6 is 0 Å². The molecule has 1 amide bonds. The molecular formula is C17H24N2O4S. The minimum atomic E-state index is -3.45. The van der Waals surface area contributed by atoms with Crippen LogP contribution in [-0.2, 0) is 19.6 Å². The highest BCUT2D eigenvalue weighted by molar-refractivity contribution is 7.89. The zero-order chi connectivity index (χ0) is 17.4. The second-order valence-corrected chi connectivity index (χ2v) is 9.06. The number of hydrogen-bond donors (Lipinski definition) is 1. The normalized spacial score (nSPS) is 21.9. The van der Waals surface area contributed by atoms with Gasteiger partial charge in [0.25, 0.3) is 0 Å². The number of piperidine rings is 1. The average molecular weight is 352 g/mol. The molecule has 3 rings (SSSR count). The highest BCUT2D eigenvalue weighted by atomic mass is 32.2. The maximum atomic E-state index is 12.7. The third-order valence-corrected chi connectivity index (χ3v) is 6.79. The lowest BCUT2D eigenvalue weighted by atomic mass is 9.87. The number of carbonyl (C=O) groups is 1. The molecule has 2 aliphatic rings. The summed E-state index contributed by atoms with van der Waals surface area (Å²) in [6.45, 7) is 5.97. The molecule has 1 N–H and O–H groups in total. The average Bonchev–Trinajstić information content (AvgIpc) is 2.53. The number of nitrogens with zero attached hydrogens (tertiary/aromatic N) is 1. The lowest BCUT2D eigenvalue weighted by molar-refractivity contribution is -0.151. The largest absolute Gasteiger partial charge is 0.379 e. The lowest BCUT2D eigenvalue weighted by Gasteiger charge is -2.36. The van der Waals surface area contributed by atoms with Crippen LogP contribution in [0, 0.1) is 11.3 Å². The number of amides is 1. The van der Waals surface area contributed by atoms with Gasteiger partial charge in [0, 0.05) is 18.8 Å². The van der Waals surface area contributed by atoms with Gasteiger partial charge in [0.2, 0.25) is 15.9 Å². The Labute approximate surface area is 143 Å². The summed E-state index contributed by atoms with van der Waals surface area (Å²) in [7, 11) is -3.45. The van der Waals surface area contributed by atoms with Crippen molar-refractivity contribution in [2.75, 3.05) is 31.6 Å². The molecular weight excluding hydrogens is 328 g/mol. The molecule has 0 radical (unpaired) electrons. The van der Waals surface area contributed by atoms with Crippen molar-refractivity contribution < 1.29 is 17.9 Å². The van der Waals surface area contributed by atoms with Gasteiger partial charge in [-0.3, -0.25) is 4.79 Å². The van der Waals surface area contributed by atoms with E-state index in [9.17, 15) is 13.2 Å². The van der Waals surface area contributed by atoms with Crippen LogP contribution < -0.4 is 5.32 Å². The van der Waals surface area contributed by atoms with Crippen molar-refractivity contribution in [3.63, 3.8) is 0 Å². The molecule has 7 heteroatoms. The quantitative estimate of drug-likeness (QED) is 0.900. The van der Waals surface area contributed by atoms with Gasteiger partial charge in [-0.15, -0.1) is 0 Å². The van der Waals surface area contributed by atoms with Crippen molar-refractivity contribution in [1.82, 2.24) is 4.31 Å². The van der Waals surface area contributed by atoms with Crippen LogP contribution in [0.25, 0.3) is 0 Å². The fourth-order valence-electron chi connectivity index (χ4n) is 2.91.